The van der Waals surface area contributed by atoms with E-state index in [9.17, 15) is 4.79 Å². The Labute approximate surface area is 119 Å². The van der Waals surface area contributed by atoms with Crippen molar-refractivity contribution in [2.24, 2.45) is 0 Å². The molecule has 1 saturated heterocycles. The number of furan rings is 1. The summed E-state index contributed by atoms with van der Waals surface area (Å²) in [4.78, 5) is 14.7. The van der Waals surface area contributed by atoms with Crippen molar-refractivity contribution in [1.29, 1.82) is 0 Å². The Morgan fingerprint density at radius 1 is 1.26 bits per heavy atom. The van der Waals surface area contributed by atoms with Crippen LogP contribution in [0.3, 0.4) is 0 Å². The van der Waals surface area contributed by atoms with Crippen LogP contribution >= 0.6 is 11.6 Å². The minimum Gasteiger partial charge on any atom is -0.466 e. The highest BCUT2D eigenvalue weighted by molar-refractivity contribution is 6.18. The molecule has 1 fully saturated rings. The van der Waals surface area contributed by atoms with Crippen molar-refractivity contribution in [2.75, 3.05) is 12.4 Å². The van der Waals surface area contributed by atoms with Crippen LogP contribution in [0.1, 0.15) is 53.1 Å². The van der Waals surface area contributed by atoms with Crippen molar-refractivity contribution in [3.05, 3.63) is 22.6 Å². The maximum absolute atomic E-state index is 12.8. The second-order valence-corrected chi connectivity index (χ2v) is 5.68. The first kappa shape index (κ1) is 14.4. The number of rotatable bonds is 2. The van der Waals surface area contributed by atoms with Crippen LogP contribution in [-0.4, -0.2) is 29.3 Å². The van der Waals surface area contributed by atoms with Gasteiger partial charge in [-0.25, -0.2) is 0 Å². The third-order valence-corrected chi connectivity index (χ3v) is 4.45. The van der Waals surface area contributed by atoms with Crippen LogP contribution in [0.15, 0.2) is 4.42 Å². The SMILES string of the molecule is Cc1oc(C)c(C(=O)N2CCCCCC2CCl)c1C. The summed E-state index contributed by atoms with van der Waals surface area (Å²) >= 11 is 6.05. The molecule has 4 heteroatoms. The Bertz CT molecular complexity index is 467. The molecule has 1 aliphatic heterocycles. The molecular weight excluding hydrogens is 262 g/mol. The first-order valence-corrected chi connectivity index (χ1v) is 7.53. The molecule has 0 aromatic carbocycles. The van der Waals surface area contributed by atoms with E-state index in [1.165, 1.54) is 6.42 Å². The second-order valence-electron chi connectivity index (χ2n) is 5.37. The van der Waals surface area contributed by atoms with Gasteiger partial charge >= 0.3 is 0 Å². The summed E-state index contributed by atoms with van der Waals surface area (Å²) in [6, 6.07) is 0.158. The van der Waals surface area contributed by atoms with E-state index in [2.05, 4.69) is 0 Å². The Kier molecular flexibility index (Phi) is 4.56. The first-order chi connectivity index (χ1) is 9.06. The largest absolute Gasteiger partial charge is 0.466 e. The summed E-state index contributed by atoms with van der Waals surface area (Å²) in [5, 5.41) is 0. The smallest absolute Gasteiger partial charge is 0.257 e. The van der Waals surface area contributed by atoms with Crippen LogP contribution < -0.4 is 0 Å². The lowest BCUT2D eigenvalue weighted by atomic mass is 10.1. The normalized spacial score (nSPS) is 20.4. The Hall–Kier alpha value is -0.960. The lowest BCUT2D eigenvalue weighted by Gasteiger charge is -2.28. The van der Waals surface area contributed by atoms with Crippen molar-refractivity contribution in [3.8, 4) is 0 Å². The zero-order chi connectivity index (χ0) is 14.0. The van der Waals surface area contributed by atoms with Crippen molar-refractivity contribution in [1.82, 2.24) is 4.90 Å². The number of carbonyl (C=O) groups excluding carboxylic acids is 1. The summed E-state index contributed by atoms with van der Waals surface area (Å²) in [6.45, 7) is 6.52. The summed E-state index contributed by atoms with van der Waals surface area (Å²) in [5.41, 5.74) is 1.69. The fourth-order valence-corrected chi connectivity index (χ4v) is 3.18. The number of amides is 1. The molecule has 1 atom stereocenters. The maximum Gasteiger partial charge on any atom is 0.257 e. The van der Waals surface area contributed by atoms with Crippen LogP contribution in [0.25, 0.3) is 0 Å². The average Bonchev–Trinajstić information content (AvgIpc) is 2.60. The van der Waals surface area contributed by atoms with Crippen LogP contribution in [0.5, 0.6) is 0 Å². The van der Waals surface area contributed by atoms with Gasteiger partial charge in [0.05, 0.1) is 5.56 Å². The van der Waals surface area contributed by atoms with Crippen molar-refractivity contribution >= 4 is 17.5 Å². The molecule has 0 saturated carbocycles. The van der Waals surface area contributed by atoms with E-state index in [1.807, 2.05) is 25.7 Å². The van der Waals surface area contributed by atoms with Gasteiger partial charge in [0.1, 0.15) is 11.5 Å². The highest BCUT2D eigenvalue weighted by Gasteiger charge is 2.29. The van der Waals surface area contributed by atoms with Crippen LogP contribution in [0.2, 0.25) is 0 Å². The van der Waals surface area contributed by atoms with E-state index in [0.29, 0.717) is 5.88 Å². The highest BCUT2D eigenvalue weighted by atomic mass is 35.5. The quantitative estimate of drug-likeness (QED) is 0.773. The number of nitrogens with zero attached hydrogens (tertiary/aromatic N) is 1. The molecule has 1 aromatic rings. The summed E-state index contributed by atoms with van der Waals surface area (Å²) in [7, 11) is 0. The van der Waals surface area contributed by atoms with Crippen molar-refractivity contribution < 1.29 is 9.21 Å². The molecule has 1 unspecified atom stereocenters. The minimum absolute atomic E-state index is 0.0828. The molecule has 0 aliphatic carbocycles. The number of alkyl halides is 1. The maximum atomic E-state index is 12.8. The molecule has 1 aromatic heterocycles. The zero-order valence-electron chi connectivity index (χ0n) is 12.0. The average molecular weight is 284 g/mol. The summed E-state index contributed by atoms with van der Waals surface area (Å²) < 4.78 is 5.58. The third-order valence-electron chi connectivity index (χ3n) is 4.09. The molecule has 3 nitrogen and oxygen atoms in total. The van der Waals surface area contributed by atoms with Gasteiger partial charge < -0.3 is 9.32 Å². The molecule has 106 valence electrons. The molecule has 2 rings (SSSR count). The van der Waals surface area contributed by atoms with E-state index in [1.54, 1.807) is 0 Å². The minimum atomic E-state index is 0.0828. The van der Waals surface area contributed by atoms with Gasteiger partial charge in [-0.15, -0.1) is 11.6 Å². The highest BCUT2D eigenvalue weighted by Crippen LogP contribution is 2.26. The molecule has 0 bridgehead atoms. The lowest BCUT2D eigenvalue weighted by molar-refractivity contribution is 0.0698. The molecule has 0 N–H and O–H groups in total. The Balaban J connectivity index is 2.30. The van der Waals surface area contributed by atoms with E-state index in [4.69, 9.17) is 16.0 Å². The number of halogens is 1. The van der Waals surface area contributed by atoms with E-state index in [-0.39, 0.29) is 11.9 Å². The van der Waals surface area contributed by atoms with Gasteiger partial charge in [0.2, 0.25) is 0 Å². The Morgan fingerprint density at radius 3 is 2.58 bits per heavy atom. The topological polar surface area (TPSA) is 33.5 Å². The second kappa shape index (κ2) is 6.00. The monoisotopic (exact) mass is 283 g/mol. The number of likely N-dealkylation sites (tertiary alicyclic amines) is 1. The van der Waals surface area contributed by atoms with Crippen molar-refractivity contribution in [2.45, 2.75) is 52.5 Å². The summed E-state index contributed by atoms with van der Waals surface area (Å²) in [5.74, 6) is 2.15. The summed E-state index contributed by atoms with van der Waals surface area (Å²) in [6.07, 6.45) is 4.40. The molecule has 0 radical (unpaired) electrons. The predicted molar refractivity (Wildman–Crippen MR) is 76.9 cm³/mol. The predicted octanol–water partition coefficient (Wildman–Crippen LogP) is 3.83. The van der Waals surface area contributed by atoms with Crippen LogP contribution in [-0.2, 0) is 0 Å². The van der Waals surface area contributed by atoms with Gasteiger partial charge in [-0.1, -0.05) is 12.8 Å². The number of hydrogen-bond acceptors (Lipinski definition) is 2. The molecule has 1 aliphatic rings. The van der Waals surface area contributed by atoms with Gasteiger partial charge in [0.15, 0.2) is 0 Å². The Morgan fingerprint density at radius 2 is 2.00 bits per heavy atom. The first-order valence-electron chi connectivity index (χ1n) is 6.99. The fourth-order valence-electron chi connectivity index (χ4n) is 2.86. The van der Waals surface area contributed by atoms with Crippen molar-refractivity contribution in [3.63, 3.8) is 0 Å². The number of aryl methyl sites for hydroxylation is 2. The third kappa shape index (κ3) is 2.81. The molecular formula is C15H22ClNO2. The number of hydrogen-bond donors (Lipinski definition) is 0. The molecule has 2 heterocycles. The van der Waals surface area contributed by atoms with E-state index < -0.39 is 0 Å². The van der Waals surface area contributed by atoms with Gasteiger partial charge in [-0.05, 0) is 33.6 Å². The molecule has 1 amide bonds. The van der Waals surface area contributed by atoms with Gasteiger partial charge in [0, 0.05) is 24.0 Å². The van der Waals surface area contributed by atoms with Crippen LogP contribution in [0.4, 0.5) is 0 Å². The molecule has 0 spiro atoms. The lowest BCUT2D eigenvalue weighted by Crippen LogP contribution is -2.41. The van der Waals surface area contributed by atoms with Gasteiger partial charge in [-0.2, -0.15) is 0 Å². The van der Waals surface area contributed by atoms with Crippen LogP contribution in [0, 0.1) is 20.8 Å². The number of carbonyl (C=O) groups is 1. The van der Waals surface area contributed by atoms with E-state index >= 15 is 0 Å². The fraction of sp³-hybridized carbons (Fsp3) is 0.667. The van der Waals surface area contributed by atoms with E-state index in [0.717, 1.165) is 48.5 Å². The van der Waals surface area contributed by atoms with Gasteiger partial charge in [0.25, 0.3) is 5.91 Å². The zero-order valence-corrected chi connectivity index (χ0v) is 12.7. The van der Waals surface area contributed by atoms with Gasteiger partial charge in [-0.3, -0.25) is 4.79 Å². The molecule has 19 heavy (non-hydrogen) atoms. The standard InChI is InChI=1S/C15H22ClNO2/c1-10-11(2)19-12(3)14(10)15(18)17-8-6-4-5-7-13(17)9-16/h13H,4-9H2,1-3H3.